The smallest absolute Gasteiger partial charge is 0.338 e. The molecule has 1 atom stereocenters. The average Bonchev–Trinajstić information content (AvgIpc) is 3.58. The molecule has 0 aliphatic carbocycles. The third kappa shape index (κ3) is 5.52. The first-order chi connectivity index (χ1) is 18.7. The normalized spacial score (nSPS) is 19.2. The molecule has 5 rings (SSSR count). The van der Waals surface area contributed by atoms with E-state index in [1.54, 1.807) is 21.9 Å². The van der Waals surface area contributed by atoms with E-state index in [2.05, 4.69) is 0 Å². The van der Waals surface area contributed by atoms with Gasteiger partial charge >= 0.3 is 5.97 Å². The van der Waals surface area contributed by atoms with Crippen molar-refractivity contribution in [2.24, 2.45) is 4.99 Å². The standard InChI is InChI=1S/C29H32N4O5S/c1-18(2)38-28(36)25-20(4)30-29-33(26(25)21-9-7-19(3)8-10-21)22(17-39-29)16-24(34)31-11-13-32(14-12-31)27(35)23-6-5-15-37-23/h5-10,15,17-18,26H,11-14,16H2,1-4H3/t26-/m0/s1. The van der Waals surface area contributed by atoms with Crippen LogP contribution in [0, 0.1) is 6.92 Å². The van der Waals surface area contributed by atoms with Crippen LogP contribution in [0.5, 0.6) is 0 Å². The fraction of sp³-hybridized carbons (Fsp3) is 0.379. The van der Waals surface area contributed by atoms with Crippen LogP contribution in [0.4, 0.5) is 0 Å². The topological polar surface area (TPSA) is 95.7 Å². The van der Waals surface area contributed by atoms with Crippen LogP contribution >= 0.6 is 11.8 Å². The molecular weight excluding hydrogens is 516 g/mol. The zero-order valence-corrected chi connectivity index (χ0v) is 23.4. The number of piperazine rings is 1. The second kappa shape index (κ2) is 11.1. The van der Waals surface area contributed by atoms with Gasteiger partial charge in [0.15, 0.2) is 10.9 Å². The second-order valence-corrected chi connectivity index (χ2v) is 10.9. The zero-order valence-electron chi connectivity index (χ0n) is 22.5. The third-order valence-electron chi connectivity index (χ3n) is 6.94. The van der Waals surface area contributed by atoms with E-state index in [1.807, 2.05) is 62.3 Å². The summed E-state index contributed by atoms with van der Waals surface area (Å²) in [6.45, 7) is 9.26. The van der Waals surface area contributed by atoms with Crippen molar-refractivity contribution in [3.05, 3.63) is 81.9 Å². The highest BCUT2D eigenvalue weighted by molar-refractivity contribution is 8.16. The fourth-order valence-corrected chi connectivity index (χ4v) is 5.92. The van der Waals surface area contributed by atoms with Gasteiger partial charge in [0.1, 0.15) is 0 Å². The van der Waals surface area contributed by atoms with Crippen LogP contribution in [0.15, 0.2) is 74.4 Å². The molecule has 0 unspecified atom stereocenters. The lowest BCUT2D eigenvalue weighted by atomic mass is 9.93. The number of amidine groups is 1. The molecule has 39 heavy (non-hydrogen) atoms. The number of rotatable bonds is 6. The predicted octanol–water partition coefficient (Wildman–Crippen LogP) is 4.49. The molecule has 4 heterocycles. The molecule has 1 saturated heterocycles. The molecule has 0 saturated carbocycles. The number of nitrogens with zero attached hydrogens (tertiary/aromatic N) is 4. The van der Waals surface area contributed by atoms with E-state index in [9.17, 15) is 14.4 Å². The third-order valence-corrected chi connectivity index (χ3v) is 7.83. The van der Waals surface area contributed by atoms with Crippen LogP contribution in [-0.2, 0) is 14.3 Å². The molecule has 3 aliphatic rings. The molecule has 1 aromatic heterocycles. The minimum absolute atomic E-state index is 0.0339. The van der Waals surface area contributed by atoms with E-state index >= 15 is 0 Å². The average molecular weight is 549 g/mol. The predicted molar refractivity (Wildman–Crippen MR) is 149 cm³/mol. The van der Waals surface area contributed by atoms with Gasteiger partial charge in [-0.2, -0.15) is 0 Å². The molecule has 1 fully saturated rings. The summed E-state index contributed by atoms with van der Waals surface area (Å²) in [5.41, 5.74) is 3.91. The Bertz CT molecular complexity index is 1350. The summed E-state index contributed by atoms with van der Waals surface area (Å²) in [6.07, 6.45) is 1.36. The number of amides is 2. The number of hydrogen-bond donors (Lipinski definition) is 0. The van der Waals surface area contributed by atoms with Crippen molar-refractivity contribution in [1.29, 1.82) is 0 Å². The summed E-state index contributed by atoms with van der Waals surface area (Å²) in [5, 5.41) is 2.68. The summed E-state index contributed by atoms with van der Waals surface area (Å²) in [6, 6.07) is 10.9. The van der Waals surface area contributed by atoms with Crippen molar-refractivity contribution in [3.63, 3.8) is 0 Å². The molecule has 0 N–H and O–H groups in total. The van der Waals surface area contributed by atoms with Gasteiger partial charge in [-0.15, -0.1) is 0 Å². The van der Waals surface area contributed by atoms with E-state index in [4.69, 9.17) is 14.1 Å². The van der Waals surface area contributed by atoms with E-state index in [1.165, 1.54) is 18.0 Å². The monoisotopic (exact) mass is 548 g/mol. The Balaban J connectivity index is 1.34. The van der Waals surface area contributed by atoms with Crippen molar-refractivity contribution in [2.75, 3.05) is 26.2 Å². The van der Waals surface area contributed by atoms with Gasteiger partial charge in [0.25, 0.3) is 5.91 Å². The van der Waals surface area contributed by atoms with Crippen LogP contribution in [0.2, 0.25) is 0 Å². The zero-order chi connectivity index (χ0) is 27.7. The van der Waals surface area contributed by atoms with E-state index < -0.39 is 12.0 Å². The van der Waals surface area contributed by atoms with Gasteiger partial charge in [-0.05, 0) is 50.8 Å². The molecule has 204 valence electrons. The minimum atomic E-state index is -0.457. The van der Waals surface area contributed by atoms with Crippen LogP contribution in [0.25, 0.3) is 0 Å². The quantitative estimate of drug-likeness (QED) is 0.491. The van der Waals surface area contributed by atoms with Crippen LogP contribution in [0.3, 0.4) is 0 Å². The Kier molecular flexibility index (Phi) is 7.65. The molecule has 3 aliphatic heterocycles. The molecule has 0 bridgehead atoms. The van der Waals surface area contributed by atoms with E-state index in [0.29, 0.717) is 43.2 Å². The SMILES string of the molecule is CC1=C(C(=O)OC(C)C)[C@H](c2ccc(C)cc2)N2C(CC(=O)N3CCN(C(=O)c4ccco4)CC3)=CSC2=N1. The summed E-state index contributed by atoms with van der Waals surface area (Å²) >= 11 is 1.45. The number of carbonyl (C=O) groups excluding carboxylic acids is 3. The number of hydrogen-bond acceptors (Lipinski definition) is 8. The van der Waals surface area contributed by atoms with Crippen molar-refractivity contribution >= 4 is 34.7 Å². The lowest BCUT2D eigenvalue weighted by molar-refractivity contribution is -0.143. The number of allylic oxidation sites excluding steroid dienone is 1. The number of aliphatic imine (C=N–C) groups is 1. The number of benzene rings is 1. The fourth-order valence-electron chi connectivity index (χ4n) is 4.95. The first-order valence-electron chi connectivity index (χ1n) is 13.1. The number of ether oxygens (including phenoxy) is 1. The Labute approximate surface area is 232 Å². The minimum Gasteiger partial charge on any atom is -0.459 e. The molecule has 1 aromatic carbocycles. The summed E-state index contributed by atoms with van der Waals surface area (Å²) < 4.78 is 10.9. The second-order valence-electron chi connectivity index (χ2n) is 10.1. The van der Waals surface area contributed by atoms with Gasteiger partial charge < -0.3 is 23.9 Å². The van der Waals surface area contributed by atoms with Gasteiger partial charge in [-0.25, -0.2) is 9.79 Å². The first kappa shape index (κ1) is 26.8. The van der Waals surface area contributed by atoms with Crippen molar-refractivity contribution in [2.45, 2.75) is 46.3 Å². The Hall–Kier alpha value is -3.79. The Morgan fingerprint density at radius 3 is 2.38 bits per heavy atom. The lowest BCUT2D eigenvalue weighted by Gasteiger charge is -2.38. The molecule has 2 aromatic rings. The highest BCUT2D eigenvalue weighted by atomic mass is 32.2. The van der Waals surface area contributed by atoms with Gasteiger partial charge in [0, 0.05) is 31.9 Å². The van der Waals surface area contributed by atoms with Crippen LogP contribution in [-0.4, -0.2) is 69.9 Å². The lowest BCUT2D eigenvalue weighted by Crippen LogP contribution is -2.50. The Morgan fingerprint density at radius 2 is 1.74 bits per heavy atom. The maximum absolute atomic E-state index is 13.4. The number of fused-ring (bicyclic) bond motifs is 1. The van der Waals surface area contributed by atoms with Gasteiger partial charge in [0.2, 0.25) is 5.91 Å². The van der Waals surface area contributed by atoms with Crippen molar-refractivity contribution < 1.29 is 23.5 Å². The molecule has 0 spiro atoms. The highest BCUT2D eigenvalue weighted by Gasteiger charge is 2.41. The largest absolute Gasteiger partial charge is 0.459 e. The molecule has 2 amide bonds. The summed E-state index contributed by atoms with van der Waals surface area (Å²) in [5.74, 6) is -0.304. The number of thioether (sulfide) groups is 1. The van der Waals surface area contributed by atoms with E-state index in [-0.39, 0.29) is 24.3 Å². The maximum Gasteiger partial charge on any atom is 0.338 e. The van der Waals surface area contributed by atoms with Crippen molar-refractivity contribution in [3.8, 4) is 0 Å². The molecule has 9 nitrogen and oxygen atoms in total. The highest BCUT2D eigenvalue weighted by Crippen LogP contribution is 2.45. The first-order valence-corrected chi connectivity index (χ1v) is 13.9. The van der Waals surface area contributed by atoms with Crippen LogP contribution in [0.1, 0.15) is 54.9 Å². The van der Waals surface area contributed by atoms with Crippen molar-refractivity contribution in [1.82, 2.24) is 14.7 Å². The van der Waals surface area contributed by atoms with Crippen LogP contribution < -0.4 is 0 Å². The van der Waals surface area contributed by atoms with Gasteiger partial charge in [-0.3, -0.25) is 9.59 Å². The number of carbonyl (C=O) groups is 3. The van der Waals surface area contributed by atoms with Gasteiger partial charge in [0.05, 0.1) is 36.1 Å². The molecular formula is C29H32N4O5S. The maximum atomic E-state index is 13.4. The van der Waals surface area contributed by atoms with Gasteiger partial charge in [-0.1, -0.05) is 41.6 Å². The Morgan fingerprint density at radius 1 is 1.05 bits per heavy atom. The molecule has 10 heteroatoms. The number of esters is 1. The molecule has 0 radical (unpaired) electrons. The van der Waals surface area contributed by atoms with E-state index in [0.717, 1.165) is 22.0 Å². The summed E-state index contributed by atoms with van der Waals surface area (Å²) in [7, 11) is 0. The number of furan rings is 1. The number of aryl methyl sites for hydroxylation is 1. The summed E-state index contributed by atoms with van der Waals surface area (Å²) in [4.78, 5) is 49.5.